The van der Waals surface area contributed by atoms with Crippen molar-refractivity contribution in [2.24, 2.45) is 0 Å². The Labute approximate surface area is 118 Å². The van der Waals surface area contributed by atoms with E-state index in [-0.39, 0.29) is 0 Å². The molecule has 0 amide bonds. The van der Waals surface area contributed by atoms with Crippen molar-refractivity contribution in [2.75, 3.05) is 5.73 Å². The summed E-state index contributed by atoms with van der Waals surface area (Å²) < 4.78 is 2.16. The molecule has 100 valence electrons. The first kappa shape index (κ1) is 12.5. The van der Waals surface area contributed by atoms with Crippen molar-refractivity contribution < 1.29 is 0 Å². The Morgan fingerprint density at radius 3 is 2.85 bits per heavy atom. The molecule has 3 heteroatoms. The Morgan fingerprint density at radius 1 is 1.25 bits per heavy atom. The van der Waals surface area contributed by atoms with Crippen LogP contribution in [0.1, 0.15) is 5.56 Å². The van der Waals surface area contributed by atoms with E-state index < -0.39 is 0 Å². The molecule has 3 aromatic rings. The summed E-state index contributed by atoms with van der Waals surface area (Å²) in [6, 6.07) is 14.1. The minimum absolute atomic E-state index is 0.726. The van der Waals surface area contributed by atoms with Gasteiger partial charge in [0.1, 0.15) is 5.82 Å². The van der Waals surface area contributed by atoms with E-state index in [9.17, 15) is 0 Å². The highest BCUT2D eigenvalue weighted by atomic mass is 15.1. The van der Waals surface area contributed by atoms with Crippen LogP contribution in [0.25, 0.3) is 22.4 Å². The normalized spacial score (nSPS) is 10.8. The van der Waals surface area contributed by atoms with Gasteiger partial charge in [0, 0.05) is 17.8 Å². The fourth-order valence-corrected chi connectivity index (χ4v) is 2.45. The van der Waals surface area contributed by atoms with Crippen LogP contribution in [0.4, 0.5) is 5.69 Å². The van der Waals surface area contributed by atoms with E-state index in [1.165, 1.54) is 5.56 Å². The Balaban J connectivity index is 2.28. The number of benzene rings is 2. The third-order valence-corrected chi connectivity index (χ3v) is 3.36. The molecule has 0 bridgehead atoms. The summed E-state index contributed by atoms with van der Waals surface area (Å²) in [5, 5.41) is 0. The molecule has 20 heavy (non-hydrogen) atoms. The van der Waals surface area contributed by atoms with Crippen molar-refractivity contribution in [1.82, 2.24) is 9.55 Å². The van der Waals surface area contributed by atoms with Gasteiger partial charge >= 0.3 is 0 Å². The Kier molecular flexibility index (Phi) is 3.03. The molecule has 3 nitrogen and oxygen atoms in total. The Morgan fingerprint density at radius 2 is 2.10 bits per heavy atom. The number of imidazole rings is 1. The van der Waals surface area contributed by atoms with Crippen LogP contribution in [0, 0.1) is 6.92 Å². The van der Waals surface area contributed by atoms with Gasteiger partial charge in [-0.1, -0.05) is 24.3 Å². The van der Waals surface area contributed by atoms with Crippen LogP contribution < -0.4 is 5.73 Å². The van der Waals surface area contributed by atoms with E-state index in [0.29, 0.717) is 0 Å². The number of hydrogen-bond donors (Lipinski definition) is 1. The molecule has 2 N–H and O–H groups in total. The number of nitrogens with zero attached hydrogens (tertiary/aromatic N) is 2. The lowest BCUT2D eigenvalue weighted by Crippen LogP contribution is -1.98. The Hall–Kier alpha value is -2.55. The maximum atomic E-state index is 5.88. The van der Waals surface area contributed by atoms with Gasteiger partial charge in [-0.25, -0.2) is 4.98 Å². The van der Waals surface area contributed by atoms with Crippen LogP contribution in [0.3, 0.4) is 0 Å². The zero-order chi connectivity index (χ0) is 14.1. The monoisotopic (exact) mass is 263 g/mol. The predicted molar refractivity (Wildman–Crippen MR) is 84.5 cm³/mol. The van der Waals surface area contributed by atoms with Gasteiger partial charge in [-0.3, -0.25) is 0 Å². The lowest BCUT2D eigenvalue weighted by molar-refractivity contribution is 0.862. The molecular weight excluding hydrogens is 246 g/mol. The molecule has 0 aliphatic carbocycles. The number of fused-ring (bicyclic) bond motifs is 1. The molecule has 2 aromatic carbocycles. The molecule has 0 aliphatic heterocycles. The molecule has 0 spiro atoms. The fraction of sp³-hybridized carbons (Fsp3) is 0.118. The number of nitrogens with two attached hydrogens (primary N) is 1. The van der Waals surface area contributed by atoms with E-state index in [4.69, 9.17) is 10.7 Å². The van der Waals surface area contributed by atoms with Gasteiger partial charge in [0.2, 0.25) is 0 Å². The van der Waals surface area contributed by atoms with Gasteiger partial charge in [0.05, 0.1) is 11.0 Å². The third kappa shape index (κ3) is 2.07. The van der Waals surface area contributed by atoms with Gasteiger partial charge < -0.3 is 10.3 Å². The zero-order valence-corrected chi connectivity index (χ0v) is 11.5. The van der Waals surface area contributed by atoms with Crippen LogP contribution in [0.15, 0.2) is 55.1 Å². The first-order valence-corrected chi connectivity index (χ1v) is 6.63. The highest BCUT2D eigenvalue weighted by Gasteiger charge is 2.11. The summed E-state index contributed by atoms with van der Waals surface area (Å²) >= 11 is 0. The highest BCUT2D eigenvalue weighted by molar-refractivity contribution is 5.81. The second-order valence-electron chi connectivity index (χ2n) is 4.95. The summed E-state index contributed by atoms with van der Waals surface area (Å²) in [6.07, 6.45) is 1.89. The van der Waals surface area contributed by atoms with Crippen LogP contribution in [-0.4, -0.2) is 9.55 Å². The summed E-state index contributed by atoms with van der Waals surface area (Å²) in [5.41, 5.74) is 11.0. The van der Waals surface area contributed by atoms with Gasteiger partial charge in [-0.2, -0.15) is 0 Å². The van der Waals surface area contributed by atoms with Gasteiger partial charge in [0.25, 0.3) is 0 Å². The quantitative estimate of drug-likeness (QED) is 0.577. The second kappa shape index (κ2) is 4.85. The average molecular weight is 263 g/mol. The number of nitrogen functional groups attached to an aromatic ring is 1. The van der Waals surface area contributed by atoms with Crippen molar-refractivity contribution in [3.8, 4) is 11.4 Å². The van der Waals surface area contributed by atoms with Crippen molar-refractivity contribution in [1.29, 1.82) is 0 Å². The summed E-state index contributed by atoms with van der Waals surface area (Å²) in [4.78, 5) is 4.76. The SMILES string of the molecule is C=CCn1c(-c2cccc(N)c2)nc2cc(C)ccc21. The lowest BCUT2D eigenvalue weighted by atomic mass is 10.2. The molecule has 0 unspecified atom stereocenters. The van der Waals surface area contributed by atoms with E-state index in [2.05, 4.69) is 36.3 Å². The maximum Gasteiger partial charge on any atom is 0.141 e. The topological polar surface area (TPSA) is 43.8 Å². The number of anilines is 1. The average Bonchev–Trinajstić information content (AvgIpc) is 2.77. The van der Waals surface area contributed by atoms with Gasteiger partial charge in [-0.15, -0.1) is 6.58 Å². The van der Waals surface area contributed by atoms with Crippen molar-refractivity contribution in [2.45, 2.75) is 13.5 Å². The summed E-state index contributed by atoms with van der Waals surface area (Å²) in [7, 11) is 0. The summed E-state index contributed by atoms with van der Waals surface area (Å²) in [5.74, 6) is 0.929. The zero-order valence-electron chi connectivity index (χ0n) is 11.5. The molecule has 0 aliphatic rings. The largest absolute Gasteiger partial charge is 0.399 e. The molecule has 3 rings (SSSR count). The predicted octanol–water partition coefficient (Wildman–Crippen LogP) is 3.78. The van der Waals surface area contributed by atoms with E-state index in [1.54, 1.807) is 0 Å². The van der Waals surface area contributed by atoms with E-state index in [1.807, 2.05) is 30.3 Å². The molecule has 1 aromatic heterocycles. The van der Waals surface area contributed by atoms with Crippen LogP contribution >= 0.6 is 0 Å². The molecule has 0 radical (unpaired) electrons. The molecule has 0 fully saturated rings. The molecule has 0 atom stereocenters. The van der Waals surface area contributed by atoms with Crippen molar-refractivity contribution >= 4 is 16.7 Å². The van der Waals surface area contributed by atoms with Crippen LogP contribution in [0.5, 0.6) is 0 Å². The Bertz CT molecular complexity index is 784. The van der Waals surface area contributed by atoms with Crippen LogP contribution in [0.2, 0.25) is 0 Å². The van der Waals surface area contributed by atoms with Gasteiger partial charge in [-0.05, 0) is 36.8 Å². The smallest absolute Gasteiger partial charge is 0.141 e. The maximum absolute atomic E-state index is 5.88. The second-order valence-corrected chi connectivity index (χ2v) is 4.95. The molecule has 0 saturated carbocycles. The molecule has 1 heterocycles. The standard InChI is InChI=1S/C17H17N3/c1-3-9-20-16-8-7-12(2)10-15(16)19-17(20)13-5-4-6-14(18)11-13/h3-8,10-11H,1,9,18H2,2H3. The van der Waals surface area contributed by atoms with E-state index in [0.717, 1.165) is 34.7 Å². The minimum Gasteiger partial charge on any atom is -0.399 e. The van der Waals surface area contributed by atoms with Crippen molar-refractivity contribution in [3.05, 3.63) is 60.7 Å². The number of hydrogen-bond acceptors (Lipinski definition) is 2. The van der Waals surface area contributed by atoms with E-state index >= 15 is 0 Å². The number of rotatable bonds is 3. The first-order valence-electron chi connectivity index (χ1n) is 6.63. The fourth-order valence-electron chi connectivity index (χ4n) is 2.45. The third-order valence-electron chi connectivity index (χ3n) is 3.36. The number of aromatic nitrogens is 2. The summed E-state index contributed by atoms with van der Waals surface area (Å²) in [6.45, 7) is 6.64. The lowest BCUT2D eigenvalue weighted by Gasteiger charge is -2.07. The number of allylic oxidation sites excluding steroid dienone is 1. The van der Waals surface area contributed by atoms with Crippen molar-refractivity contribution in [3.63, 3.8) is 0 Å². The number of aryl methyl sites for hydroxylation is 1. The molecular formula is C17H17N3. The van der Waals surface area contributed by atoms with Crippen LogP contribution in [-0.2, 0) is 6.54 Å². The first-order chi connectivity index (χ1) is 9.69. The highest BCUT2D eigenvalue weighted by Crippen LogP contribution is 2.26. The minimum atomic E-state index is 0.726. The van der Waals surface area contributed by atoms with Gasteiger partial charge in [0.15, 0.2) is 0 Å². The molecule has 0 saturated heterocycles.